The molecule has 4 aromatic rings. The number of anilines is 1. The second kappa shape index (κ2) is 9.12. The van der Waals surface area contributed by atoms with Gasteiger partial charge in [-0.2, -0.15) is 0 Å². The number of amidine groups is 1. The van der Waals surface area contributed by atoms with Crippen molar-refractivity contribution in [2.24, 2.45) is 5.73 Å². The number of benzene rings is 2. The van der Waals surface area contributed by atoms with Crippen molar-refractivity contribution in [3.63, 3.8) is 0 Å². The molecule has 0 unspecified atom stereocenters. The molecule has 0 aliphatic carbocycles. The third kappa shape index (κ3) is 4.33. The molecule has 35 heavy (non-hydrogen) atoms. The van der Waals surface area contributed by atoms with Gasteiger partial charge in [-0.25, -0.2) is 14.8 Å². The van der Waals surface area contributed by atoms with Crippen molar-refractivity contribution in [3.8, 4) is 24.0 Å². The zero-order valence-corrected chi connectivity index (χ0v) is 18.4. The molecule has 0 amide bonds. The van der Waals surface area contributed by atoms with E-state index in [4.69, 9.17) is 27.0 Å². The first kappa shape index (κ1) is 21.9. The standard InChI is InChI=1S/C24H20N8O3/c1-2-14-10-16(11-17-12-34-13-35-20(14)17)19(29-18-6-4-15(5-7-18)21(25)26)22-30-24(33)32(31-22)23-27-8-3-9-28-23/h1,3-11,19,29H,12-13H2,(H3,25,26)(H,30,31,33)/t19-/m0/s1. The summed E-state index contributed by atoms with van der Waals surface area (Å²) in [5, 5.41) is 15.4. The van der Waals surface area contributed by atoms with E-state index in [1.165, 1.54) is 12.4 Å². The molecule has 0 bridgehead atoms. The van der Waals surface area contributed by atoms with Crippen LogP contribution in [0.1, 0.15) is 34.1 Å². The van der Waals surface area contributed by atoms with Crippen LogP contribution in [0.2, 0.25) is 0 Å². The van der Waals surface area contributed by atoms with E-state index in [1.807, 2.05) is 12.1 Å². The maximum atomic E-state index is 12.7. The topological polar surface area (TPSA) is 157 Å². The number of nitrogens with one attached hydrogen (secondary N) is 3. The van der Waals surface area contributed by atoms with E-state index < -0.39 is 11.7 Å². The smallest absolute Gasteiger partial charge is 0.350 e. The average Bonchev–Trinajstić information content (AvgIpc) is 3.28. The maximum absolute atomic E-state index is 12.7. The molecule has 1 aliphatic rings. The Labute approximate surface area is 199 Å². The molecule has 11 heteroatoms. The summed E-state index contributed by atoms with van der Waals surface area (Å²) in [5.74, 6) is 3.69. The Morgan fingerprint density at radius 3 is 2.74 bits per heavy atom. The summed E-state index contributed by atoms with van der Waals surface area (Å²) in [5.41, 5.74) is 8.46. The van der Waals surface area contributed by atoms with Crippen LogP contribution in [0.5, 0.6) is 5.75 Å². The van der Waals surface area contributed by atoms with Crippen LogP contribution in [-0.4, -0.2) is 37.4 Å². The number of nitrogens with zero attached hydrogens (tertiary/aromatic N) is 4. The predicted molar refractivity (Wildman–Crippen MR) is 127 cm³/mol. The lowest BCUT2D eigenvalue weighted by molar-refractivity contribution is -0.0166. The van der Waals surface area contributed by atoms with E-state index in [0.29, 0.717) is 35.0 Å². The fourth-order valence-electron chi connectivity index (χ4n) is 3.75. The van der Waals surface area contributed by atoms with E-state index in [0.717, 1.165) is 15.8 Å². The summed E-state index contributed by atoms with van der Waals surface area (Å²) in [6, 6.07) is 11.8. The molecule has 174 valence electrons. The first-order valence-corrected chi connectivity index (χ1v) is 10.5. The van der Waals surface area contributed by atoms with Crippen molar-refractivity contribution in [1.82, 2.24) is 24.7 Å². The molecule has 2 aromatic carbocycles. The van der Waals surface area contributed by atoms with E-state index in [2.05, 4.69) is 31.3 Å². The molecule has 11 nitrogen and oxygen atoms in total. The predicted octanol–water partition coefficient (Wildman–Crippen LogP) is 1.68. The summed E-state index contributed by atoms with van der Waals surface area (Å²) in [4.78, 5) is 23.7. The number of ether oxygens (including phenoxy) is 2. The normalized spacial score (nSPS) is 13.2. The van der Waals surface area contributed by atoms with Gasteiger partial charge in [-0.15, -0.1) is 16.2 Å². The number of hydrogen-bond acceptors (Lipinski definition) is 8. The molecule has 0 fully saturated rings. The Hall–Kier alpha value is -4.95. The van der Waals surface area contributed by atoms with Gasteiger partial charge in [0.05, 0.1) is 12.2 Å². The van der Waals surface area contributed by atoms with Gasteiger partial charge in [-0.1, -0.05) is 5.92 Å². The number of fused-ring (bicyclic) bond motifs is 1. The lowest BCUT2D eigenvalue weighted by Crippen LogP contribution is -2.18. The highest BCUT2D eigenvalue weighted by molar-refractivity contribution is 5.95. The zero-order chi connectivity index (χ0) is 24.4. The van der Waals surface area contributed by atoms with Crippen LogP contribution < -0.4 is 21.5 Å². The average molecular weight is 468 g/mol. The van der Waals surface area contributed by atoms with Gasteiger partial charge in [0.1, 0.15) is 17.6 Å². The van der Waals surface area contributed by atoms with Crippen molar-refractivity contribution in [2.75, 3.05) is 12.1 Å². The first-order chi connectivity index (χ1) is 17.0. The minimum absolute atomic E-state index is 0.0348. The molecule has 0 saturated carbocycles. The number of H-pyrrole nitrogens is 1. The van der Waals surface area contributed by atoms with Crippen LogP contribution in [0.3, 0.4) is 0 Å². The van der Waals surface area contributed by atoms with E-state index in [-0.39, 0.29) is 18.6 Å². The summed E-state index contributed by atoms with van der Waals surface area (Å²) >= 11 is 0. The summed E-state index contributed by atoms with van der Waals surface area (Å²) in [6.07, 6.45) is 8.82. The van der Waals surface area contributed by atoms with Gasteiger partial charge < -0.3 is 20.5 Å². The zero-order valence-electron chi connectivity index (χ0n) is 18.4. The third-order valence-electron chi connectivity index (χ3n) is 5.38. The number of hydrogen-bond donors (Lipinski definition) is 4. The fourth-order valence-corrected chi connectivity index (χ4v) is 3.75. The summed E-state index contributed by atoms with van der Waals surface area (Å²) in [6.45, 7) is 0.459. The van der Waals surface area contributed by atoms with Crippen LogP contribution in [0.25, 0.3) is 5.95 Å². The summed E-state index contributed by atoms with van der Waals surface area (Å²) < 4.78 is 12.1. The maximum Gasteiger partial charge on any atom is 0.350 e. The molecular weight excluding hydrogens is 448 g/mol. The van der Waals surface area contributed by atoms with Crippen molar-refractivity contribution < 1.29 is 9.47 Å². The number of nitrogens with two attached hydrogens (primary N) is 1. The van der Waals surface area contributed by atoms with Crippen LogP contribution in [0.4, 0.5) is 5.69 Å². The Morgan fingerprint density at radius 2 is 2.03 bits per heavy atom. The first-order valence-electron chi connectivity index (χ1n) is 10.5. The molecule has 3 heterocycles. The van der Waals surface area contributed by atoms with Gasteiger partial charge in [-0.3, -0.25) is 10.4 Å². The Morgan fingerprint density at radius 1 is 1.26 bits per heavy atom. The molecule has 1 atom stereocenters. The fraction of sp³-hybridized carbons (Fsp3) is 0.125. The molecule has 0 saturated heterocycles. The number of terminal acetylenes is 1. The SMILES string of the molecule is C#Cc1cc([C@H](Nc2ccc(C(=N)N)cc2)c2nn(-c3ncccn3)c(=O)[nH]2)cc2c1OCOC2. The molecule has 1 aliphatic heterocycles. The van der Waals surface area contributed by atoms with E-state index in [9.17, 15) is 4.79 Å². The van der Waals surface area contributed by atoms with Gasteiger partial charge in [0.2, 0.25) is 0 Å². The monoisotopic (exact) mass is 468 g/mol. The molecular formula is C24H20N8O3. The van der Waals surface area contributed by atoms with Crippen LogP contribution in [-0.2, 0) is 11.3 Å². The number of aromatic nitrogens is 5. The van der Waals surface area contributed by atoms with Gasteiger partial charge in [0.15, 0.2) is 12.6 Å². The Balaban J connectivity index is 1.61. The third-order valence-corrected chi connectivity index (χ3v) is 5.38. The van der Waals surface area contributed by atoms with Gasteiger partial charge in [-0.05, 0) is 48.0 Å². The van der Waals surface area contributed by atoms with Crippen molar-refractivity contribution in [1.29, 1.82) is 5.41 Å². The Bertz CT molecular complexity index is 1490. The lowest BCUT2D eigenvalue weighted by Gasteiger charge is -2.23. The lowest BCUT2D eigenvalue weighted by atomic mass is 9.98. The number of aromatic amines is 1. The van der Waals surface area contributed by atoms with Gasteiger partial charge in [0, 0.05) is 29.2 Å². The van der Waals surface area contributed by atoms with E-state index in [1.54, 1.807) is 30.3 Å². The van der Waals surface area contributed by atoms with Crippen molar-refractivity contribution in [3.05, 3.63) is 93.4 Å². The summed E-state index contributed by atoms with van der Waals surface area (Å²) in [7, 11) is 0. The minimum atomic E-state index is -0.616. The number of rotatable bonds is 6. The van der Waals surface area contributed by atoms with Crippen LogP contribution in [0.15, 0.2) is 59.7 Å². The highest BCUT2D eigenvalue weighted by atomic mass is 16.7. The highest BCUT2D eigenvalue weighted by Gasteiger charge is 2.25. The molecule has 2 aromatic heterocycles. The van der Waals surface area contributed by atoms with Crippen LogP contribution in [0, 0.1) is 17.8 Å². The molecule has 0 radical (unpaired) electrons. The second-order valence-corrected chi connectivity index (χ2v) is 7.66. The Kier molecular flexibility index (Phi) is 5.70. The van der Waals surface area contributed by atoms with Gasteiger partial charge in [0.25, 0.3) is 5.95 Å². The highest BCUT2D eigenvalue weighted by Crippen LogP contribution is 2.34. The van der Waals surface area contributed by atoms with Crippen molar-refractivity contribution >= 4 is 11.5 Å². The van der Waals surface area contributed by atoms with Crippen molar-refractivity contribution in [2.45, 2.75) is 12.6 Å². The van der Waals surface area contributed by atoms with Gasteiger partial charge >= 0.3 is 5.69 Å². The largest absolute Gasteiger partial charge is 0.466 e. The minimum Gasteiger partial charge on any atom is -0.466 e. The number of nitrogen functional groups attached to an aromatic ring is 1. The van der Waals surface area contributed by atoms with E-state index >= 15 is 0 Å². The molecule has 0 spiro atoms. The quantitative estimate of drug-likeness (QED) is 0.189. The van der Waals surface area contributed by atoms with Crippen LogP contribution >= 0.6 is 0 Å². The molecule has 5 N–H and O–H groups in total. The second-order valence-electron chi connectivity index (χ2n) is 7.66. The molecule has 5 rings (SSSR count).